The minimum atomic E-state index is 0.0663. The van der Waals surface area contributed by atoms with Crippen LogP contribution in [-0.4, -0.2) is 54.5 Å². The molecule has 0 atom stereocenters. The van der Waals surface area contributed by atoms with Gasteiger partial charge in [0.05, 0.1) is 6.54 Å². The molecule has 0 fully saturated rings. The number of hydrogen-bond donors (Lipinski definition) is 1. The molecule has 1 N–H and O–H groups in total. The van der Waals surface area contributed by atoms with Crippen molar-refractivity contribution in [1.82, 2.24) is 14.9 Å². The van der Waals surface area contributed by atoms with Crippen LogP contribution in [0.1, 0.15) is 33.0 Å². The van der Waals surface area contributed by atoms with E-state index in [0.717, 1.165) is 43.4 Å². The molecule has 6 nitrogen and oxygen atoms in total. The standard InChI is InChI=1S/C15H27N5O/c1-6-9-16-13-10-14(18-12(7-2)17-13)20(8-3)11-15(21)19(4)5/h10H,6-9,11H2,1-5H3,(H,16,17,18). The van der Waals surface area contributed by atoms with Gasteiger partial charge in [0.2, 0.25) is 5.91 Å². The topological polar surface area (TPSA) is 61.4 Å². The molecule has 0 saturated carbocycles. The summed E-state index contributed by atoms with van der Waals surface area (Å²) in [6.45, 7) is 8.11. The first-order chi connectivity index (χ1) is 10.0. The van der Waals surface area contributed by atoms with E-state index in [0.29, 0.717) is 6.54 Å². The number of carbonyl (C=O) groups excluding carboxylic acids is 1. The number of aryl methyl sites for hydroxylation is 1. The van der Waals surface area contributed by atoms with E-state index in [1.807, 2.05) is 24.8 Å². The molecule has 0 spiro atoms. The van der Waals surface area contributed by atoms with Crippen molar-refractivity contribution in [2.24, 2.45) is 0 Å². The van der Waals surface area contributed by atoms with Crippen LogP contribution in [0.3, 0.4) is 0 Å². The summed E-state index contributed by atoms with van der Waals surface area (Å²) >= 11 is 0. The van der Waals surface area contributed by atoms with E-state index in [-0.39, 0.29) is 5.91 Å². The molecule has 1 amide bonds. The van der Waals surface area contributed by atoms with Crippen LogP contribution in [0.25, 0.3) is 0 Å². The third-order valence-corrected chi connectivity index (χ3v) is 3.16. The number of likely N-dealkylation sites (N-methyl/N-ethyl adjacent to an activating group) is 2. The van der Waals surface area contributed by atoms with Crippen molar-refractivity contribution in [3.63, 3.8) is 0 Å². The van der Waals surface area contributed by atoms with Crippen molar-refractivity contribution in [1.29, 1.82) is 0 Å². The Hall–Kier alpha value is -1.85. The Morgan fingerprint density at radius 2 is 1.95 bits per heavy atom. The molecular formula is C15H27N5O. The molecule has 0 unspecified atom stereocenters. The SMILES string of the molecule is CCCNc1cc(N(CC)CC(=O)N(C)C)nc(CC)n1. The first kappa shape index (κ1) is 17.2. The molecule has 21 heavy (non-hydrogen) atoms. The summed E-state index contributed by atoms with van der Waals surface area (Å²) in [7, 11) is 3.53. The summed E-state index contributed by atoms with van der Waals surface area (Å²) < 4.78 is 0. The molecule has 6 heteroatoms. The summed E-state index contributed by atoms with van der Waals surface area (Å²) in [4.78, 5) is 24.5. The summed E-state index contributed by atoms with van der Waals surface area (Å²) in [6, 6.07) is 1.92. The maximum Gasteiger partial charge on any atom is 0.241 e. The smallest absolute Gasteiger partial charge is 0.241 e. The van der Waals surface area contributed by atoms with Crippen molar-refractivity contribution < 1.29 is 4.79 Å². The third-order valence-electron chi connectivity index (χ3n) is 3.16. The Balaban J connectivity index is 2.98. The summed E-state index contributed by atoms with van der Waals surface area (Å²) in [6.07, 6.45) is 1.81. The second-order valence-electron chi connectivity index (χ2n) is 5.11. The average Bonchev–Trinajstić information content (AvgIpc) is 2.49. The van der Waals surface area contributed by atoms with Crippen LogP contribution in [0.2, 0.25) is 0 Å². The van der Waals surface area contributed by atoms with Gasteiger partial charge in [0.25, 0.3) is 0 Å². The van der Waals surface area contributed by atoms with Gasteiger partial charge < -0.3 is 15.1 Å². The Labute approximate surface area is 127 Å². The minimum absolute atomic E-state index is 0.0663. The summed E-state index contributed by atoms with van der Waals surface area (Å²) in [5.74, 6) is 2.49. The number of anilines is 2. The van der Waals surface area contributed by atoms with Crippen LogP contribution in [0.15, 0.2) is 6.07 Å². The van der Waals surface area contributed by atoms with E-state index in [1.165, 1.54) is 0 Å². The average molecular weight is 293 g/mol. The van der Waals surface area contributed by atoms with E-state index in [2.05, 4.69) is 22.2 Å². The maximum absolute atomic E-state index is 11.9. The molecule has 1 aromatic rings. The fraction of sp³-hybridized carbons (Fsp3) is 0.667. The van der Waals surface area contributed by atoms with Gasteiger partial charge in [-0.3, -0.25) is 4.79 Å². The lowest BCUT2D eigenvalue weighted by Crippen LogP contribution is -2.37. The van der Waals surface area contributed by atoms with Crippen molar-refractivity contribution in [2.45, 2.75) is 33.6 Å². The highest BCUT2D eigenvalue weighted by Gasteiger charge is 2.14. The van der Waals surface area contributed by atoms with Crippen molar-refractivity contribution >= 4 is 17.5 Å². The highest BCUT2D eigenvalue weighted by Crippen LogP contribution is 2.16. The van der Waals surface area contributed by atoms with Crippen LogP contribution in [0, 0.1) is 0 Å². The number of amides is 1. The molecule has 118 valence electrons. The molecule has 0 aliphatic carbocycles. The molecule has 0 radical (unpaired) electrons. The molecule has 1 aromatic heterocycles. The molecule has 0 bridgehead atoms. The number of rotatable bonds is 8. The Morgan fingerprint density at radius 1 is 1.24 bits per heavy atom. The first-order valence-corrected chi connectivity index (χ1v) is 7.58. The number of hydrogen-bond acceptors (Lipinski definition) is 5. The number of nitrogens with zero attached hydrogens (tertiary/aromatic N) is 4. The number of nitrogens with one attached hydrogen (secondary N) is 1. The van der Waals surface area contributed by atoms with E-state index in [9.17, 15) is 4.79 Å². The molecule has 0 aliphatic rings. The third kappa shape index (κ3) is 5.21. The second-order valence-corrected chi connectivity index (χ2v) is 5.11. The fourth-order valence-corrected chi connectivity index (χ4v) is 1.81. The number of aromatic nitrogens is 2. The molecule has 0 aromatic carbocycles. The molecule has 0 aliphatic heterocycles. The van der Waals surface area contributed by atoms with Gasteiger partial charge in [-0.25, -0.2) is 9.97 Å². The summed E-state index contributed by atoms with van der Waals surface area (Å²) in [5, 5.41) is 3.29. The summed E-state index contributed by atoms with van der Waals surface area (Å²) in [5.41, 5.74) is 0. The Kier molecular flexibility index (Phi) is 6.91. The van der Waals surface area contributed by atoms with Gasteiger partial charge in [0.1, 0.15) is 17.5 Å². The van der Waals surface area contributed by atoms with E-state index < -0.39 is 0 Å². The van der Waals surface area contributed by atoms with Gasteiger partial charge >= 0.3 is 0 Å². The zero-order chi connectivity index (χ0) is 15.8. The fourth-order valence-electron chi connectivity index (χ4n) is 1.81. The Morgan fingerprint density at radius 3 is 2.48 bits per heavy atom. The van der Waals surface area contributed by atoms with Crippen LogP contribution >= 0.6 is 0 Å². The predicted molar refractivity (Wildman–Crippen MR) is 86.8 cm³/mol. The molecule has 0 saturated heterocycles. The molecular weight excluding hydrogens is 266 g/mol. The van der Waals surface area contributed by atoms with Crippen LogP contribution in [-0.2, 0) is 11.2 Å². The largest absolute Gasteiger partial charge is 0.370 e. The highest BCUT2D eigenvalue weighted by atomic mass is 16.2. The van der Waals surface area contributed by atoms with Gasteiger partial charge in [-0.05, 0) is 13.3 Å². The lowest BCUT2D eigenvalue weighted by Gasteiger charge is -2.24. The zero-order valence-corrected chi connectivity index (χ0v) is 13.8. The van der Waals surface area contributed by atoms with Crippen molar-refractivity contribution in [2.75, 3.05) is 43.9 Å². The predicted octanol–water partition coefficient (Wildman–Crippen LogP) is 1.78. The molecule has 1 heterocycles. The van der Waals surface area contributed by atoms with Crippen LogP contribution < -0.4 is 10.2 Å². The van der Waals surface area contributed by atoms with E-state index in [1.54, 1.807) is 19.0 Å². The molecule has 1 rings (SSSR count). The van der Waals surface area contributed by atoms with Gasteiger partial charge in [0, 0.05) is 39.7 Å². The maximum atomic E-state index is 11.9. The second kappa shape index (κ2) is 8.44. The van der Waals surface area contributed by atoms with E-state index >= 15 is 0 Å². The van der Waals surface area contributed by atoms with Gasteiger partial charge in [-0.1, -0.05) is 13.8 Å². The van der Waals surface area contributed by atoms with Crippen molar-refractivity contribution in [3.8, 4) is 0 Å². The lowest BCUT2D eigenvalue weighted by atomic mass is 10.3. The zero-order valence-electron chi connectivity index (χ0n) is 13.8. The van der Waals surface area contributed by atoms with Gasteiger partial charge in [-0.15, -0.1) is 0 Å². The van der Waals surface area contributed by atoms with Gasteiger partial charge in [0.15, 0.2) is 0 Å². The van der Waals surface area contributed by atoms with Gasteiger partial charge in [-0.2, -0.15) is 0 Å². The van der Waals surface area contributed by atoms with Crippen LogP contribution in [0.5, 0.6) is 0 Å². The normalized spacial score (nSPS) is 10.3. The monoisotopic (exact) mass is 293 g/mol. The highest BCUT2D eigenvalue weighted by molar-refractivity contribution is 5.80. The van der Waals surface area contributed by atoms with Crippen LogP contribution in [0.4, 0.5) is 11.6 Å². The quantitative estimate of drug-likeness (QED) is 0.791. The number of carbonyl (C=O) groups is 1. The van der Waals surface area contributed by atoms with Crippen molar-refractivity contribution in [3.05, 3.63) is 11.9 Å². The lowest BCUT2D eigenvalue weighted by molar-refractivity contribution is -0.127. The Bertz CT molecular complexity index is 461. The first-order valence-electron chi connectivity index (χ1n) is 7.58. The minimum Gasteiger partial charge on any atom is -0.370 e. The van der Waals surface area contributed by atoms with E-state index in [4.69, 9.17) is 0 Å².